The lowest BCUT2D eigenvalue weighted by atomic mass is 9.96. The summed E-state index contributed by atoms with van der Waals surface area (Å²) < 4.78 is 0. The van der Waals surface area contributed by atoms with E-state index in [2.05, 4.69) is 31.3 Å². The smallest absolute Gasteiger partial charge is 0.225 e. The maximum absolute atomic E-state index is 11.7. The minimum Gasteiger partial charge on any atom is -0.356 e. The highest BCUT2D eigenvalue weighted by molar-refractivity contribution is 5.81. The molecule has 1 unspecified atom stereocenters. The molecule has 2 amide bonds. The second-order valence-electron chi connectivity index (χ2n) is 5.67. The van der Waals surface area contributed by atoms with Crippen LogP contribution < -0.4 is 10.6 Å². The van der Waals surface area contributed by atoms with Gasteiger partial charge < -0.3 is 10.6 Å². The van der Waals surface area contributed by atoms with Crippen LogP contribution in [0.1, 0.15) is 52.4 Å². The van der Waals surface area contributed by atoms with E-state index in [0.29, 0.717) is 25.2 Å². The van der Waals surface area contributed by atoms with Crippen molar-refractivity contribution in [1.82, 2.24) is 31.3 Å². The Labute approximate surface area is 118 Å². The van der Waals surface area contributed by atoms with E-state index in [1.165, 1.54) is 0 Å². The number of tetrazole rings is 1. The number of nitrogens with zero attached hydrogens (tertiary/aromatic N) is 3. The van der Waals surface area contributed by atoms with Gasteiger partial charge in [0, 0.05) is 18.4 Å². The zero-order chi connectivity index (χ0) is 15.2. The Morgan fingerprint density at radius 1 is 1.35 bits per heavy atom. The molecular formula is C12H22N6O2. The Morgan fingerprint density at radius 3 is 2.60 bits per heavy atom. The summed E-state index contributed by atoms with van der Waals surface area (Å²) in [6.45, 7) is 7.81. The second kappa shape index (κ2) is 6.97. The maximum Gasteiger partial charge on any atom is 0.225 e. The molecule has 0 aromatic carbocycles. The number of H-pyrrole nitrogens is 1. The first kappa shape index (κ1) is 16.1. The molecule has 0 radical (unpaired) electrons. The van der Waals surface area contributed by atoms with Crippen molar-refractivity contribution >= 4 is 11.8 Å². The van der Waals surface area contributed by atoms with E-state index in [0.717, 1.165) is 0 Å². The van der Waals surface area contributed by atoms with Crippen LogP contribution in [-0.4, -0.2) is 39.0 Å². The summed E-state index contributed by atoms with van der Waals surface area (Å²) in [4.78, 5) is 23.3. The highest BCUT2D eigenvalue weighted by Crippen LogP contribution is 2.12. The van der Waals surface area contributed by atoms with Crippen LogP contribution in [0.15, 0.2) is 0 Å². The van der Waals surface area contributed by atoms with Crippen LogP contribution in [0.4, 0.5) is 0 Å². The summed E-state index contributed by atoms with van der Waals surface area (Å²) >= 11 is 0. The van der Waals surface area contributed by atoms with Crippen LogP contribution in [0, 0.1) is 5.41 Å². The summed E-state index contributed by atoms with van der Waals surface area (Å²) in [6, 6.07) is -0.287. The molecule has 3 N–H and O–H groups in total. The maximum atomic E-state index is 11.7. The van der Waals surface area contributed by atoms with Crippen molar-refractivity contribution in [3.8, 4) is 0 Å². The molecule has 0 bridgehead atoms. The fourth-order valence-electron chi connectivity index (χ4n) is 1.45. The van der Waals surface area contributed by atoms with Crippen LogP contribution in [-0.2, 0) is 9.59 Å². The molecule has 0 fully saturated rings. The standard InChI is InChI=1S/C12H22N6O2/c1-8(10-15-17-18-16-10)14-9(19)6-5-7-13-11(20)12(2,3)4/h8H,5-7H2,1-4H3,(H,13,20)(H,14,19)(H,15,16,17,18). The van der Waals surface area contributed by atoms with Crippen LogP contribution in [0.5, 0.6) is 0 Å². The van der Waals surface area contributed by atoms with Gasteiger partial charge in [-0.1, -0.05) is 26.0 Å². The molecule has 112 valence electrons. The van der Waals surface area contributed by atoms with Gasteiger partial charge in [-0.25, -0.2) is 0 Å². The molecular weight excluding hydrogens is 260 g/mol. The van der Waals surface area contributed by atoms with Crippen LogP contribution in [0.2, 0.25) is 0 Å². The molecule has 0 aliphatic rings. The fourth-order valence-corrected chi connectivity index (χ4v) is 1.45. The number of hydrogen-bond acceptors (Lipinski definition) is 5. The first-order valence-electron chi connectivity index (χ1n) is 6.61. The number of carbonyl (C=O) groups is 2. The van der Waals surface area contributed by atoms with Crippen molar-refractivity contribution in [3.63, 3.8) is 0 Å². The van der Waals surface area contributed by atoms with Gasteiger partial charge in [0.15, 0.2) is 5.82 Å². The Bertz CT molecular complexity index is 437. The van der Waals surface area contributed by atoms with Crippen molar-refractivity contribution in [2.24, 2.45) is 5.41 Å². The number of amides is 2. The molecule has 0 aliphatic carbocycles. The van der Waals surface area contributed by atoms with E-state index in [1.807, 2.05) is 20.8 Å². The number of nitrogens with one attached hydrogen (secondary N) is 3. The predicted octanol–water partition coefficient (Wildman–Crippen LogP) is 0.319. The lowest BCUT2D eigenvalue weighted by molar-refractivity contribution is -0.128. The van der Waals surface area contributed by atoms with Crippen molar-refractivity contribution in [3.05, 3.63) is 5.82 Å². The van der Waals surface area contributed by atoms with Gasteiger partial charge in [-0.2, -0.15) is 5.21 Å². The highest BCUT2D eigenvalue weighted by atomic mass is 16.2. The van der Waals surface area contributed by atoms with Gasteiger partial charge in [-0.3, -0.25) is 9.59 Å². The molecule has 1 rings (SSSR count). The van der Waals surface area contributed by atoms with Crippen LogP contribution in [0.3, 0.4) is 0 Å². The van der Waals surface area contributed by atoms with Gasteiger partial charge in [0.25, 0.3) is 0 Å². The molecule has 20 heavy (non-hydrogen) atoms. The average molecular weight is 282 g/mol. The zero-order valence-corrected chi connectivity index (χ0v) is 12.4. The summed E-state index contributed by atoms with van der Waals surface area (Å²) in [5.74, 6) is 0.324. The molecule has 1 aromatic heterocycles. The Morgan fingerprint density at radius 2 is 2.05 bits per heavy atom. The van der Waals surface area contributed by atoms with E-state index in [-0.39, 0.29) is 17.9 Å². The van der Waals surface area contributed by atoms with Crippen LogP contribution >= 0.6 is 0 Å². The van der Waals surface area contributed by atoms with Crippen molar-refractivity contribution < 1.29 is 9.59 Å². The molecule has 1 heterocycles. The fraction of sp³-hybridized carbons (Fsp3) is 0.750. The Kier molecular flexibility index (Phi) is 5.60. The minimum atomic E-state index is -0.407. The lowest BCUT2D eigenvalue weighted by Gasteiger charge is -2.17. The quantitative estimate of drug-likeness (QED) is 0.650. The number of rotatable bonds is 6. The minimum absolute atomic E-state index is 0.0157. The molecule has 0 saturated carbocycles. The highest BCUT2D eigenvalue weighted by Gasteiger charge is 2.20. The SMILES string of the molecule is CC(NC(=O)CCCNC(=O)C(C)(C)C)c1nn[nH]n1. The van der Waals surface area contributed by atoms with Crippen LogP contribution in [0.25, 0.3) is 0 Å². The number of aromatic amines is 1. The lowest BCUT2D eigenvalue weighted by Crippen LogP contribution is -2.36. The number of carbonyl (C=O) groups excluding carboxylic acids is 2. The van der Waals surface area contributed by atoms with E-state index in [1.54, 1.807) is 6.92 Å². The largest absolute Gasteiger partial charge is 0.356 e. The second-order valence-corrected chi connectivity index (χ2v) is 5.67. The van der Waals surface area contributed by atoms with Gasteiger partial charge in [0.05, 0.1) is 6.04 Å². The van der Waals surface area contributed by atoms with Crippen molar-refractivity contribution in [2.75, 3.05) is 6.54 Å². The monoisotopic (exact) mass is 282 g/mol. The van der Waals surface area contributed by atoms with E-state index < -0.39 is 5.41 Å². The summed E-state index contributed by atoms with van der Waals surface area (Å²) in [5.41, 5.74) is -0.407. The molecule has 1 aromatic rings. The third-order valence-electron chi connectivity index (χ3n) is 2.67. The summed E-state index contributed by atoms with van der Waals surface area (Å²) in [6.07, 6.45) is 0.930. The Hall–Kier alpha value is -1.99. The normalized spacial score (nSPS) is 12.8. The molecule has 1 atom stereocenters. The van der Waals surface area contributed by atoms with Gasteiger partial charge in [-0.15, -0.1) is 10.2 Å². The van der Waals surface area contributed by atoms with Crippen molar-refractivity contribution in [1.29, 1.82) is 0 Å². The first-order valence-corrected chi connectivity index (χ1v) is 6.61. The average Bonchev–Trinajstić information content (AvgIpc) is 2.86. The van der Waals surface area contributed by atoms with Gasteiger partial charge >= 0.3 is 0 Å². The van der Waals surface area contributed by atoms with E-state index in [9.17, 15) is 9.59 Å². The summed E-state index contributed by atoms with van der Waals surface area (Å²) in [7, 11) is 0. The van der Waals surface area contributed by atoms with Crippen molar-refractivity contribution in [2.45, 2.75) is 46.6 Å². The molecule has 8 heteroatoms. The topological polar surface area (TPSA) is 113 Å². The number of aromatic nitrogens is 4. The van der Waals surface area contributed by atoms with Gasteiger partial charge in [-0.05, 0) is 13.3 Å². The van der Waals surface area contributed by atoms with Gasteiger partial charge in [0.1, 0.15) is 0 Å². The third kappa shape index (κ3) is 5.33. The van der Waals surface area contributed by atoms with E-state index in [4.69, 9.17) is 0 Å². The zero-order valence-electron chi connectivity index (χ0n) is 12.4. The van der Waals surface area contributed by atoms with Gasteiger partial charge in [0.2, 0.25) is 11.8 Å². The molecule has 8 nitrogen and oxygen atoms in total. The Balaban J connectivity index is 2.19. The molecule has 0 spiro atoms. The third-order valence-corrected chi connectivity index (χ3v) is 2.67. The summed E-state index contributed by atoms with van der Waals surface area (Å²) in [5, 5.41) is 18.9. The predicted molar refractivity (Wildman–Crippen MR) is 72.4 cm³/mol. The van der Waals surface area contributed by atoms with E-state index >= 15 is 0 Å². The first-order chi connectivity index (χ1) is 9.30. The molecule has 0 aliphatic heterocycles. The molecule has 0 saturated heterocycles. The number of hydrogen-bond donors (Lipinski definition) is 3.